The third-order valence-electron chi connectivity index (χ3n) is 2.83. The van der Waals surface area contributed by atoms with Crippen molar-refractivity contribution in [2.75, 3.05) is 11.1 Å². The van der Waals surface area contributed by atoms with Crippen LogP contribution >= 0.6 is 0 Å². The fourth-order valence-corrected chi connectivity index (χ4v) is 1.75. The molecule has 5 nitrogen and oxygen atoms in total. The molecule has 0 amide bonds. The fourth-order valence-electron chi connectivity index (χ4n) is 1.75. The van der Waals surface area contributed by atoms with Crippen molar-refractivity contribution in [3.63, 3.8) is 0 Å². The van der Waals surface area contributed by atoms with Crippen LogP contribution in [0.5, 0.6) is 5.88 Å². The number of hydrogen-bond donors (Lipinski definition) is 2. The Morgan fingerprint density at radius 2 is 2.10 bits per heavy atom. The Morgan fingerprint density at radius 3 is 2.80 bits per heavy atom. The molecule has 0 radical (unpaired) electrons. The molecule has 2 aromatic rings. The standard InChI is InChI=1S/C15H20N4O/c1-10(2)20-15-13(16)4-5-14(19-15)18-9-12-6-7-17-8-11(12)3/h4-8,10H,9,16H2,1-3H3,(H,18,19). The summed E-state index contributed by atoms with van der Waals surface area (Å²) in [6.07, 6.45) is 3.68. The van der Waals surface area contributed by atoms with Crippen molar-refractivity contribution in [3.8, 4) is 5.88 Å². The molecule has 0 saturated carbocycles. The van der Waals surface area contributed by atoms with E-state index >= 15 is 0 Å². The number of aryl methyl sites for hydroxylation is 1. The first-order chi connectivity index (χ1) is 9.56. The summed E-state index contributed by atoms with van der Waals surface area (Å²) in [4.78, 5) is 8.46. The monoisotopic (exact) mass is 272 g/mol. The first kappa shape index (κ1) is 14.1. The maximum absolute atomic E-state index is 5.85. The Labute approximate surface area is 119 Å². The molecule has 0 fully saturated rings. The van der Waals surface area contributed by atoms with Crippen LogP contribution in [0.4, 0.5) is 11.5 Å². The van der Waals surface area contributed by atoms with Gasteiger partial charge in [0.05, 0.1) is 11.8 Å². The summed E-state index contributed by atoms with van der Waals surface area (Å²) in [7, 11) is 0. The zero-order valence-electron chi connectivity index (χ0n) is 12.1. The van der Waals surface area contributed by atoms with E-state index in [-0.39, 0.29) is 6.10 Å². The summed E-state index contributed by atoms with van der Waals surface area (Å²) in [5, 5.41) is 3.27. The number of nitrogens with two attached hydrogens (primary N) is 1. The minimum absolute atomic E-state index is 0.0440. The zero-order valence-corrected chi connectivity index (χ0v) is 12.1. The molecule has 0 saturated heterocycles. The molecule has 0 bridgehead atoms. The van der Waals surface area contributed by atoms with E-state index in [0.717, 1.165) is 11.4 Å². The summed E-state index contributed by atoms with van der Waals surface area (Å²) in [5.74, 6) is 1.21. The molecule has 0 atom stereocenters. The number of nitrogens with one attached hydrogen (secondary N) is 1. The van der Waals surface area contributed by atoms with Crippen molar-refractivity contribution in [1.29, 1.82) is 0 Å². The molecule has 0 aliphatic rings. The van der Waals surface area contributed by atoms with Crippen LogP contribution in [-0.4, -0.2) is 16.1 Å². The molecule has 0 unspecified atom stereocenters. The molecule has 20 heavy (non-hydrogen) atoms. The number of pyridine rings is 2. The number of nitrogens with zero attached hydrogens (tertiary/aromatic N) is 2. The number of rotatable bonds is 5. The number of ether oxygens (including phenoxy) is 1. The largest absolute Gasteiger partial charge is 0.473 e. The van der Waals surface area contributed by atoms with E-state index in [1.807, 2.05) is 39.1 Å². The third kappa shape index (κ3) is 3.60. The van der Waals surface area contributed by atoms with Crippen molar-refractivity contribution < 1.29 is 4.74 Å². The summed E-state index contributed by atoms with van der Waals surface area (Å²) in [6.45, 7) is 6.61. The third-order valence-corrected chi connectivity index (χ3v) is 2.83. The first-order valence-corrected chi connectivity index (χ1v) is 6.63. The highest BCUT2D eigenvalue weighted by atomic mass is 16.5. The smallest absolute Gasteiger partial charge is 0.239 e. The van der Waals surface area contributed by atoms with Crippen LogP contribution in [0.15, 0.2) is 30.6 Å². The van der Waals surface area contributed by atoms with Crippen LogP contribution in [0.25, 0.3) is 0 Å². The molecule has 2 heterocycles. The lowest BCUT2D eigenvalue weighted by Crippen LogP contribution is -2.10. The minimum atomic E-state index is 0.0440. The summed E-state index contributed by atoms with van der Waals surface area (Å²) in [6, 6.07) is 5.64. The number of nitrogen functional groups attached to an aromatic ring is 1. The maximum atomic E-state index is 5.85. The van der Waals surface area contributed by atoms with Crippen LogP contribution in [0, 0.1) is 6.92 Å². The van der Waals surface area contributed by atoms with Gasteiger partial charge in [0.1, 0.15) is 5.82 Å². The lowest BCUT2D eigenvalue weighted by molar-refractivity contribution is 0.234. The van der Waals surface area contributed by atoms with E-state index in [1.165, 1.54) is 5.56 Å². The summed E-state index contributed by atoms with van der Waals surface area (Å²) < 4.78 is 5.58. The molecule has 106 valence electrons. The molecule has 5 heteroatoms. The van der Waals surface area contributed by atoms with Crippen LogP contribution in [0.1, 0.15) is 25.0 Å². The van der Waals surface area contributed by atoms with Crippen LogP contribution < -0.4 is 15.8 Å². The van der Waals surface area contributed by atoms with Gasteiger partial charge >= 0.3 is 0 Å². The van der Waals surface area contributed by atoms with E-state index < -0.39 is 0 Å². The highest BCUT2D eigenvalue weighted by Gasteiger charge is 2.06. The second-order valence-electron chi connectivity index (χ2n) is 4.91. The lowest BCUT2D eigenvalue weighted by Gasteiger charge is -2.13. The van der Waals surface area contributed by atoms with E-state index in [9.17, 15) is 0 Å². The average Bonchev–Trinajstić information content (AvgIpc) is 2.40. The summed E-state index contributed by atoms with van der Waals surface area (Å²) in [5.41, 5.74) is 8.72. The van der Waals surface area contributed by atoms with E-state index in [4.69, 9.17) is 10.5 Å². The minimum Gasteiger partial charge on any atom is -0.473 e. The Hall–Kier alpha value is -2.30. The number of aromatic nitrogens is 2. The predicted molar refractivity (Wildman–Crippen MR) is 80.7 cm³/mol. The van der Waals surface area contributed by atoms with Crippen molar-refractivity contribution in [3.05, 3.63) is 41.7 Å². The van der Waals surface area contributed by atoms with Gasteiger partial charge in [-0.25, -0.2) is 0 Å². The molecule has 3 N–H and O–H groups in total. The average molecular weight is 272 g/mol. The highest BCUT2D eigenvalue weighted by Crippen LogP contribution is 2.22. The van der Waals surface area contributed by atoms with Crippen molar-refractivity contribution >= 4 is 11.5 Å². The summed E-state index contributed by atoms with van der Waals surface area (Å²) >= 11 is 0. The van der Waals surface area contributed by atoms with Gasteiger partial charge in [-0.05, 0) is 50.1 Å². The topological polar surface area (TPSA) is 73.1 Å². The molecule has 0 aliphatic heterocycles. The first-order valence-electron chi connectivity index (χ1n) is 6.63. The second-order valence-corrected chi connectivity index (χ2v) is 4.91. The van der Waals surface area contributed by atoms with Gasteiger partial charge in [-0.15, -0.1) is 0 Å². The van der Waals surface area contributed by atoms with Gasteiger partial charge in [-0.2, -0.15) is 4.98 Å². The van der Waals surface area contributed by atoms with E-state index in [1.54, 1.807) is 12.3 Å². The zero-order chi connectivity index (χ0) is 14.5. The molecular formula is C15H20N4O. The Balaban J connectivity index is 2.08. The van der Waals surface area contributed by atoms with Gasteiger partial charge in [0.15, 0.2) is 0 Å². The van der Waals surface area contributed by atoms with Crippen LogP contribution in [0.2, 0.25) is 0 Å². The predicted octanol–water partition coefficient (Wildman–Crippen LogP) is 2.77. The van der Waals surface area contributed by atoms with Crippen LogP contribution in [-0.2, 0) is 6.54 Å². The Morgan fingerprint density at radius 1 is 1.30 bits per heavy atom. The quantitative estimate of drug-likeness (QED) is 0.875. The fraction of sp³-hybridized carbons (Fsp3) is 0.333. The molecule has 2 aromatic heterocycles. The lowest BCUT2D eigenvalue weighted by atomic mass is 10.1. The van der Waals surface area contributed by atoms with Crippen molar-refractivity contribution in [1.82, 2.24) is 9.97 Å². The van der Waals surface area contributed by atoms with Gasteiger partial charge < -0.3 is 15.8 Å². The highest BCUT2D eigenvalue weighted by molar-refractivity contribution is 5.53. The van der Waals surface area contributed by atoms with Gasteiger partial charge in [0.25, 0.3) is 0 Å². The van der Waals surface area contributed by atoms with E-state index in [2.05, 4.69) is 15.3 Å². The Bertz CT molecular complexity index is 584. The van der Waals surface area contributed by atoms with E-state index in [0.29, 0.717) is 18.1 Å². The van der Waals surface area contributed by atoms with Crippen LogP contribution in [0.3, 0.4) is 0 Å². The normalized spacial score (nSPS) is 10.6. The molecule has 0 aromatic carbocycles. The molecule has 0 aliphatic carbocycles. The molecule has 0 spiro atoms. The number of anilines is 2. The van der Waals surface area contributed by atoms with Crippen molar-refractivity contribution in [2.45, 2.75) is 33.4 Å². The second kappa shape index (κ2) is 6.23. The molecular weight excluding hydrogens is 252 g/mol. The van der Waals surface area contributed by atoms with Gasteiger partial charge in [0.2, 0.25) is 5.88 Å². The van der Waals surface area contributed by atoms with Gasteiger partial charge in [-0.3, -0.25) is 4.98 Å². The Kier molecular flexibility index (Phi) is 4.40. The van der Waals surface area contributed by atoms with Crippen molar-refractivity contribution in [2.24, 2.45) is 0 Å². The number of hydrogen-bond acceptors (Lipinski definition) is 5. The maximum Gasteiger partial charge on any atom is 0.239 e. The van der Waals surface area contributed by atoms with Gasteiger partial charge in [0, 0.05) is 18.9 Å². The molecule has 2 rings (SSSR count). The van der Waals surface area contributed by atoms with Gasteiger partial charge in [-0.1, -0.05) is 0 Å². The SMILES string of the molecule is Cc1cnccc1CNc1ccc(N)c(OC(C)C)n1.